The number of aryl methyl sites for hydroxylation is 1. The minimum absolute atomic E-state index is 0.101. The molecular formula is C19H16N4O4S. The fourth-order valence-electron chi connectivity index (χ4n) is 2.42. The van der Waals surface area contributed by atoms with Crippen LogP contribution in [0.15, 0.2) is 59.8 Å². The number of para-hydroxylation sites is 1. The van der Waals surface area contributed by atoms with Crippen molar-refractivity contribution in [2.75, 3.05) is 11.6 Å². The summed E-state index contributed by atoms with van der Waals surface area (Å²) in [6, 6.07) is 14.1. The average Bonchev–Trinajstić information content (AvgIpc) is 2.69. The van der Waals surface area contributed by atoms with Gasteiger partial charge in [-0.3, -0.25) is 10.1 Å². The number of rotatable bonds is 6. The van der Waals surface area contributed by atoms with Crippen molar-refractivity contribution in [1.82, 2.24) is 9.97 Å². The average molecular weight is 396 g/mol. The van der Waals surface area contributed by atoms with E-state index >= 15 is 0 Å². The van der Waals surface area contributed by atoms with E-state index in [9.17, 15) is 14.9 Å². The van der Waals surface area contributed by atoms with Gasteiger partial charge in [0.25, 0.3) is 5.69 Å². The molecule has 0 atom stereocenters. The molecule has 0 amide bonds. The molecule has 0 aliphatic rings. The summed E-state index contributed by atoms with van der Waals surface area (Å²) in [4.78, 5) is 31.4. The monoisotopic (exact) mass is 396 g/mol. The molecule has 0 fully saturated rings. The number of hydrogen-bond acceptors (Lipinski definition) is 8. The minimum Gasteiger partial charge on any atom is -0.423 e. The van der Waals surface area contributed by atoms with Crippen LogP contribution in [-0.4, -0.2) is 27.1 Å². The van der Waals surface area contributed by atoms with Crippen molar-refractivity contribution in [3.05, 3.63) is 76.0 Å². The van der Waals surface area contributed by atoms with Gasteiger partial charge in [0.2, 0.25) is 0 Å². The minimum atomic E-state index is -0.788. The maximum atomic E-state index is 12.3. The SMILES string of the molecule is CSc1nc(C)cc(Nc2ccc(OC(=O)c3ccccc3[N+](=O)[O-])cc2)n1. The van der Waals surface area contributed by atoms with Crippen LogP contribution in [0.2, 0.25) is 0 Å². The van der Waals surface area contributed by atoms with Crippen molar-refractivity contribution < 1.29 is 14.5 Å². The van der Waals surface area contributed by atoms with Crippen molar-refractivity contribution in [3.63, 3.8) is 0 Å². The predicted octanol–water partition coefficient (Wildman–Crippen LogP) is 4.38. The smallest absolute Gasteiger partial charge is 0.350 e. The van der Waals surface area contributed by atoms with Gasteiger partial charge in [-0.1, -0.05) is 23.9 Å². The summed E-state index contributed by atoms with van der Waals surface area (Å²) in [6.45, 7) is 1.89. The van der Waals surface area contributed by atoms with Crippen LogP contribution in [0.5, 0.6) is 5.75 Å². The van der Waals surface area contributed by atoms with Gasteiger partial charge in [0.15, 0.2) is 5.16 Å². The first-order valence-electron chi connectivity index (χ1n) is 8.18. The molecule has 142 valence electrons. The maximum absolute atomic E-state index is 12.3. The summed E-state index contributed by atoms with van der Waals surface area (Å²) in [5.41, 5.74) is 1.19. The van der Waals surface area contributed by atoms with E-state index in [1.807, 2.05) is 19.2 Å². The molecule has 28 heavy (non-hydrogen) atoms. The third-order valence-electron chi connectivity index (χ3n) is 3.67. The summed E-state index contributed by atoms with van der Waals surface area (Å²) in [6.07, 6.45) is 1.90. The van der Waals surface area contributed by atoms with Gasteiger partial charge in [0.1, 0.15) is 17.1 Å². The highest BCUT2D eigenvalue weighted by atomic mass is 32.2. The van der Waals surface area contributed by atoms with Crippen LogP contribution in [0.1, 0.15) is 16.1 Å². The van der Waals surface area contributed by atoms with Gasteiger partial charge in [-0.15, -0.1) is 0 Å². The van der Waals surface area contributed by atoms with Gasteiger partial charge in [-0.05, 0) is 43.5 Å². The number of benzene rings is 2. The first-order chi connectivity index (χ1) is 13.5. The second-order valence-electron chi connectivity index (χ2n) is 5.69. The van der Waals surface area contributed by atoms with Gasteiger partial charge in [-0.2, -0.15) is 0 Å². The number of anilines is 2. The van der Waals surface area contributed by atoms with Crippen molar-refractivity contribution >= 4 is 34.9 Å². The van der Waals surface area contributed by atoms with Crippen molar-refractivity contribution in [2.45, 2.75) is 12.1 Å². The number of nitrogens with zero attached hydrogens (tertiary/aromatic N) is 3. The number of thioether (sulfide) groups is 1. The molecule has 2 aromatic carbocycles. The molecule has 8 nitrogen and oxygen atoms in total. The van der Waals surface area contributed by atoms with Crippen molar-refractivity contribution in [1.29, 1.82) is 0 Å². The zero-order chi connectivity index (χ0) is 20.1. The van der Waals surface area contributed by atoms with Gasteiger partial charge >= 0.3 is 5.97 Å². The molecule has 9 heteroatoms. The zero-order valence-corrected chi connectivity index (χ0v) is 15.9. The largest absolute Gasteiger partial charge is 0.423 e. The standard InChI is InChI=1S/C19H16N4O4S/c1-12-11-17(22-19(20-12)28-2)21-13-7-9-14(10-8-13)27-18(24)15-5-3-4-6-16(15)23(25)26/h3-11H,1-2H3,(H,20,21,22). The summed E-state index contributed by atoms with van der Waals surface area (Å²) in [7, 11) is 0. The Morgan fingerprint density at radius 1 is 1.14 bits per heavy atom. The highest BCUT2D eigenvalue weighted by Crippen LogP contribution is 2.23. The summed E-state index contributed by atoms with van der Waals surface area (Å²) in [5, 5.41) is 14.9. The number of carbonyl (C=O) groups is 1. The Balaban J connectivity index is 1.72. The molecule has 0 radical (unpaired) electrons. The lowest BCUT2D eigenvalue weighted by atomic mass is 10.2. The zero-order valence-electron chi connectivity index (χ0n) is 15.1. The van der Waals surface area contributed by atoms with Gasteiger partial charge in [-0.25, -0.2) is 14.8 Å². The van der Waals surface area contributed by atoms with Crippen LogP contribution in [0.25, 0.3) is 0 Å². The van der Waals surface area contributed by atoms with E-state index in [0.717, 1.165) is 11.4 Å². The van der Waals surface area contributed by atoms with Gasteiger partial charge in [0, 0.05) is 23.5 Å². The van der Waals surface area contributed by atoms with Crippen LogP contribution in [0, 0.1) is 17.0 Å². The molecule has 0 spiro atoms. The summed E-state index contributed by atoms with van der Waals surface area (Å²) >= 11 is 1.45. The Morgan fingerprint density at radius 3 is 2.54 bits per heavy atom. The van der Waals surface area contributed by atoms with Gasteiger partial charge < -0.3 is 10.1 Å². The number of nitrogens with one attached hydrogen (secondary N) is 1. The first kappa shape index (κ1) is 19.3. The first-order valence-corrected chi connectivity index (χ1v) is 9.41. The second kappa shape index (κ2) is 8.49. The van der Waals surface area contributed by atoms with E-state index in [2.05, 4.69) is 15.3 Å². The summed E-state index contributed by atoms with van der Waals surface area (Å²) in [5.74, 6) is 0.142. The molecule has 0 bridgehead atoms. The fraction of sp³-hybridized carbons (Fsp3) is 0.105. The Kier molecular flexibility index (Phi) is 5.85. The number of esters is 1. The second-order valence-corrected chi connectivity index (χ2v) is 6.47. The predicted molar refractivity (Wildman–Crippen MR) is 106 cm³/mol. The Bertz CT molecular complexity index is 1020. The Hall–Kier alpha value is -3.46. The van der Waals surface area contributed by atoms with Crippen LogP contribution in [-0.2, 0) is 0 Å². The maximum Gasteiger partial charge on any atom is 0.350 e. The van der Waals surface area contributed by atoms with Gasteiger partial charge in [0.05, 0.1) is 4.92 Å². The lowest BCUT2D eigenvalue weighted by molar-refractivity contribution is -0.385. The molecule has 0 saturated carbocycles. The lowest BCUT2D eigenvalue weighted by Crippen LogP contribution is -2.11. The molecule has 3 aromatic rings. The normalized spacial score (nSPS) is 10.4. The molecular weight excluding hydrogens is 380 g/mol. The highest BCUT2D eigenvalue weighted by Gasteiger charge is 2.21. The number of carbonyl (C=O) groups excluding carboxylic acids is 1. The molecule has 0 aliphatic carbocycles. The Labute approximate surface area is 165 Å². The number of nitro groups is 1. The van der Waals surface area contributed by atoms with Crippen molar-refractivity contribution in [3.8, 4) is 5.75 Å². The van der Waals surface area contributed by atoms with E-state index in [0.29, 0.717) is 11.0 Å². The molecule has 1 aromatic heterocycles. The lowest BCUT2D eigenvalue weighted by Gasteiger charge is -2.09. The Morgan fingerprint density at radius 2 is 1.86 bits per heavy atom. The van der Waals surface area contributed by atoms with E-state index in [1.165, 1.54) is 30.0 Å². The molecule has 1 heterocycles. The molecule has 1 N–H and O–H groups in total. The number of aromatic nitrogens is 2. The molecule has 0 aliphatic heterocycles. The van der Waals surface area contributed by atoms with Crippen LogP contribution in [0.4, 0.5) is 17.2 Å². The van der Waals surface area contributed by atoms with Crippen LogP contribution >= 0.6 is 11.8 Å². The highest BCUT2D eigenvalue weighted by molar-refractivity contribution is 7.98. The fourth-order valence-corrected chi connectivity index (χ4v) is 2.84. The topological polar surface area (TPSA) is 107 Å². The van der Waals surface area contributed by atoms with E-state index < -0.39 is 10.9 Å². The third kappa shape index (κ3) is 4.63. The number of ether oxygens (including phenoxy) is 1. The van der Waals surface area contributed by atoms with Crippen LogP contribution < -0.4 is 10.1 Å². The van der Waals surface area contributed by atoms with Crippen molar-refractivity contribution in [2.24, 2.45) is 0 Å². The van der Waals surface area contributed by atoms with E-state index in [-0.39, 0.29) is 17.0 Å². The molecule has 3 rings (SSSR count). The molecule has 0 unspecified atom stereocenters. The van der Waals surface area contributed by atoms with E-state index in [1.54, 1.807) is 30.3 Å². The molecule has 0 saturated heterocycles. The number of nitro benzene ring substituents is 1. The number of hydrogen-bond donors (Lipinski definition) is 1. The summed E-state index contributed by atoms with van der Waals surface area (Å²) < 4.78 is 5.25. The van der Waals surface area contributed by atoms with Crippen LogP contribution in [0.3, 0.4) is 0 Å². The van der Waals surface area contributed by atoms with E-state index in [4.69, 9.17) is 4.74 Å². The quantitative estimate of drug-likeness (QED) is 0.163. The third-order valence-corrected chi connectivity index (χ3v) is 4.22.